The van der Waals surface area contributed by atoms with Crippen LogP contribution in [-0.4, -0.2) is 7.05 Å². The predicted octanol–water partition coefficient (Wildman–Crippen LogP) is 3.54. The van der Waals surface area contributed by atoms with E-state index in [1.807, 2.05) is 0 Å². The van der Waals surface area contributed by atoms with Gasteiger partial charge < -0.3 is 4.90 Å². The van der Waals surface area contributed by atoms with Crippen LogP contribution in [0.15, 0.2) is 24.4 Å². The van der Waals surface area contributed by atoms with Crippen molar-refractivity contribution in [3.05, 3.63) is 41.1 Å². The molecule has 0 aliphatic carbocycles. The lowest BCUT2D eigenvalue weighted by Gasteiger charge is -2.22. The molecule has 1 nitrogen and oxygen atoms in total. The molecule has 0 saturated carbocycles. The Balaban J connectivity index is 2.77. The number of hydrogen-bond acceptors (Lipinski definition) is 1. The second-order valence-corrected chi connectivity index (χ2v) is 5.03. The van der Waals surface area contributed by atoms with Gasteiger partial charge in [-0.1, -0.05) is 32.6 Å². The third-order valence-electron chi connectivity index (χ3n) is 3.84. The molecule has 0 saturated heterocycles. The van der Waals surface area contributed by atoms with Crippen LogP contribution in [0.5, 0.6) is 0 Å². The molecular weight excluding hydrogens is 182 g/mol. The number of nitrogens with zero attached hydrogens (tertiary/aromatic N) is 1. The van der Waals surface area contributed by atoms with Crippen LogP contribution >= 0.6 is 0 Å². The fourth-order valence-corrected chi connectivity index (χ4v) is 2.45. The highest BCUT2D eigenvalue weighted by Crippen LogP contribution is 2.47. The zero-order valence-corrected chi connectivity index (χ0v) is 10.3. The van der Waals surface area contributed by atoms with E-state index in [1.165, 1.54) is 28.1 Å². The first-order valence-electron chi connectivity index (χ1n) is 5.41. The fraction of sp³-hybridized carbons (Fsp3) is 0.429. The number of fused-ring (bicyclic) bond motifs is 1. The van der Waals surface area contributed by atoms with Crippen LogP contribution in [0.4, 0.5) is 5.69 Å². The summed E-state index contributed by atoms with van der Waals surface area (Å²) in [5.41, 5.74) is 6.74. The molecule has 0 radical (unpaired) electrons. The Morgan fingerprint density at radius 3 is 2.40 bits per heavy atom. The van der Waals surface area contributed by atoms with Crippen molar-refractivity contribution in [2.24, 2.45) is 0 Å². The molecule has 0 N–H and O–H groups in total. The molecule has 0 amide bonds. The van der Waals surface area contributed by atoms with Crippen molar-refractivity contribution in [1.29, 1.82) is 0 Å². The van der Waals surface area contributed by atoms with Crippen molar-refractivity contribution < 1.29 is 0 Å². The van der Waals surface area contributed by atoms with Gasteiger partial charge in [0.1, 0.15) is 0 Å². The summed E-state index contributed by atoms with van der Waals surface area (Å²) in [6.07, 6.45) is 0. The van der Waals surface area contributed by atoms with Gasteiger partial charge in [0, 0.05) is 23.8 Å². The number of allylic oxidation sites excluding steroid dienone is 1. The van der Waals surface area contributed by atoms with Gasteiger partial charge in [0.15, 0.2) is 0 Å². The highest BCUT2D eigenvalue weighted by atomic mass is 15.2. The topological polar surface area (TPSA) is 3.24 Å². The standard InChI is InChI=1S/C14H19N/c1-9-7-8-12-13(10(9)2)15(6)11(3)14(12,4)5/h7-8H,3H2,1-2,4-6H3. The van der Waals surface area contributed by atoms with Crippen LogP contribution in [0, 0.1) is 13.8 Å². The SMILES string of the molecule is C=C1N(C)c2c(ccc(C)c2C)C1(C)C. The maximum Gasteiger partial charge on any atom is 0.0480 e. The molecule has 0 spiro atoms. The maximum atomic E-state index is 4.20. The van der Waals surface area contributed by atoms with E-state index < -0.39 is 0 Å². The molecule has 1 heterocycles. The zero-order chi connectivity index (χ0) is 11.4. The van der Waals surface area contributed by atoms with E-state index >= 15 is 0 Å². The normalized spacial score (nSPS) is 18.2. The third kappa shape index (κ3) is 1.16. The minimum atomic E-state index is 0.0720. The van der Waals surface area contributed by atoms with E-state index in [2.05, 4.69) is 58.4 Å². The Morgan fingerprint density at radius 1 is 1.20 bits per heavy atom. The fourth-order valence-electron chi connectivity index (χ4n) is 2.45. The van der Waals surface area contributed by atoms with Gasteiger partial charge >= 0.3 is 0 Å². The van der Waals surface area contributed by atoms with Crippen molar-refractivity contribution in [2.45, 2.75) is 33.1 Å². The van der Waals surface area contributed by atoms with E-state index in [-0.39, 0.29) is 5.41 Å². The van der Waals surface area contributed by atoms with Crippen molar-refractivity contribution in [3.8, 4) is 0 Å². The average molecular weight is 201 g/mol. The molecular formula is C14H19N. The van der Waals surface area contributed by atoms with Gasteiger partial charge in [0.2, 0.25) is 0 Å². The number of anilines is 1. The van der Waals surface area contributed by atoms with Gasteiger partial charge in [-0.3, -0.25) is 0 Å². The molecule has 0 unspecified atom stereocenters. The highest BCUT2D eigenvalue weighted by molar-refractivity contribution is 5.73. The second-order valence-electron chi connectivity index (χ2n) is 5.03. The summed E-state index contributed by atoms with van der Waals surface area (Å²) >= 11 is 0. The van der Waals surface area contributed by atoms with Crippen LogP contribution < -0.4 is 4.90 Å². The Labute approximate surface area is 92.4 Å². The maximum absolute atomic E-state index is 4.20. The van der Waals surface area contributed by atoms with Gasteiger partial charge in [0.05, 0.1) is 0 Å². The summed E-state index contributed by atoms with van der Waals surface area (Å²) in [6, 6.07) is 4.45. The van der Waals surface area contributed by atoms with Gasteiger partial charge in [-0.15, -0.1) is 0 Å². The van der Waals surface area contributed by atoms with Gasteiger partial charge in [-0.05, 0) is 30.5 Å². The largest absolute Gasteiger partial charge is 0.347 e. The van der Waals surface area contributed by atoms with Crippen LogP contribution in [0.3, 0.4) is 0 Å². The molecule has 2 rings (SSSR count). The summed E-state index contributed by atoms with van der Waals surface area (Å²) in [4.78, 5) is 2.23. The first-order chi connectivity index (χ1) is 6.87. The summed E-state index contributed by atoms with van der Waals surface area (Å²) in [5.74, 6) is 0. The van der Waals surface area contributed by atoms with Crippen molar-refractivity contribution in [3.63, 3.8) is 0 Å². The van der Waals surface area contributed by atoms with E-state index in [4.69, 9.17) is 0 Å². The molecule has 1 aliphatic rings. The van der Waals surface area contributed by atoms with Gasteiger partial charge in [-0.2, -0.15) is 0 Å². The minimum absolute atomic E-state index is 0.0720. The molecule has 0 aromatic heterocycles. The first kappa shape index (κ1) is 10.3. The number of rotatable bonds is 0. The smallest absolute Gasteiger partial charge is 0.0480 e. The van der Waals surface area contributed by atoms with E-state index in [1.54, 1.807) is 0 Å². The van der Waals surface area contributed by atoms with Crippen LogP contribution in [0.25, 0.3) is 0 Å². The number of benzene rings is 1. The second kappa shape index (κ2) is 2.88. The Kier molecular flexibility index (Phi) is 1.97. The number of hydrogen-bond donors (Lipinski definition) is 0. The van der Waals surface area contributed by atoms with Crippen molar-refractivity contribution >= 4 is 5.69 Å². The first-order valence-corrected chi connectivity index (χ1v) is 5.41. The quantitative estimate of drug-likeness (QED) is 0.620. The summed E-state index contributed by atoms with van der Waals surface area (Å²) in [5, 5.41) is 0. The van der Waals surface area contributed by atoms with Crippen LogP contribution in [0.2, 0.25) is 0 Å². The summed E-state index contributed by atoms with van der Waals surface area (Å²) < 4.78 is 0. The minimum Gasteiger partial charge on any atom is -0.347 e. The van der Waals surface area contributed by atoms with Crippen molar-refractivity contribution in [1.82, 2.24) is 0 Å². The highest BCUT2D eigenvalue weighted by Gasteiger charge is 2.38. The molecule has 15 heavy (non-hydrogen) atoms. The van der Waals surface area contributed by atoms with E-state index in [0.717, 1.165) is 0 Å². The Hall–Kier alpha value is -1.24. The summed E-state index contributed by atoms with van der Waals surface area (Å²) in [7, 11) is 2.11. The Bertz CT molecular complexity index is 441. The zero-order valence-electron chi connectivity index (χ0n) is 10.3. The molecule has 80 valence electrons. The monoisotopic (exact) mass is 201 g/mol. The lowest BCUT2D eigenvalue weighted by Crippen LogP contribution is -2.21. The van der Waals surface area contributed by atoms with E-state index in [0.29, 0.717) is 0 Å². The van der Waals surface area contributed by atoms with Crippen LogP contribution in [0.1, 0.15) is 30.5 Å². The van der Waals surface area contributed by atoms with Gasteiger partial charge in [0.25, 0.3) is 0 Å². The van der Waals surface area contributed by atoms with Crippen molar-refractivity contribution in [2.75, 3.05) is 11.9 Å². The summed E-state index contributed by atoms with van der Waals surface area (Å²) in [6.45, 7) is 13.0. The molecule has 1 aromatic rings. The van der Waals surface area contributed by atoms with Gasteiger partial charge in [-0.25, -0.2) is 0 Å². The molecule has 1 heteroatoms. The lowest BCUT2D eigenvalue weighted by atomic mass is 9.83. The molecule has 1 aliphatic heterocycles. The molecule has 0 fully saturated rings. The number of likely N-dealkylation sites (N-methyl/N-ethyl adjacent to an activating group) is 1. The molecule has 0 bridgehead atoms. The van der Waals surface area contributed by atoms with E-state index in [9.17, 15) is 0 Å². The van der Waals surface area contributed by atoms with Crippen LogP contribution in [-0.2, 0) is 5.41 Å². The molecule has 1 aromatic carbocycles. The lowest BCUT2D eigenvalue weighted by molar-refractivity contribution is 0.643. The predicted molar refractivity (Wildman–Crippen MR) is 66.5 cm³/mol. The Morgan fingerprint density at radius 2 is 1.80 bits per heavy atom. The third-order valence-corrected chi connectivity index (χ3v) is 3.84. The number of aryl methyl sites for hydroxylation is 1. The molecule has 0 atom stereocenters. The average Bonchev–Trinajstić information content (AvgIpc) is 2.34.